The lowest BCUT2D eigenvalue weighted by Gasteiger charge is -2.02. The van der Waals surface area contributed by atoms with Gasteiger partial charge in [-0.1, -0.05) is 0 Å². The first-order chi connectivity index (χ1) is 12.2. The van der Waals surface area contributed by atoms with Crippen molar-refractivity contribution in [3.8, 4) is 17.0 Å². The van der Waals surface area contributed by atoms with Gasteiger partial charge in [0.05, 0.1) is 12.8 Å². The summed E-state index contributed by atoms with van der Waals surface area (Å²) in [6.45, 7) is 0. The third-order valence-electron chi connectivity index (χ3n) is 3.38. The molecular formula is C18H17N3O2S2. The van der Waals surface area contributed by atoms with Gasteiger partial charge in [0, 0.05) is 40.4 Å². The molecule has 0 aliphatic heterocycles. The molecule has 0 radical (unpaired) electrons. The third-order valence-corrected chi connectivity index (χ3v) is 5.16. The SMILES string of the molecule is COc1ccc(-c2csc(NC(=O)CCSc3ccncc3)n2)cc1. The lowest BCUT2D eigenvalue weighted by Crippen LogP contribution is -2.11. The summed E-state index contributed by atoms with van der Waals surface area (Å²) in [5, 5.41) is 5.41. The highest BCUT2D eigenvalue weighted by Crippen LogP contribution is 2.26. The van der Waals surface area contributed by atoms with Crippen molar-refractivity contribution in [2.75, 3.05) is 18.2 Å². The maximum absolute atomic E-state index is 12.0. The summed E-state index contributed by atoms with van der Waals surface area (Å²) in [6.07, 6.45) is 3.93. The predicted molar refractivity (Wildman–Crippen MR) is 102 cm³/mol. The molecule has 2 aromatic heterocycles. The van der Waals surface area contributed by atoms with Crippen molar-refractivity contribution in [3.63, 3.8) is 0 Å². The minimum atomic E-state index is -0.0304. The first kappa shape index (κ1) is 17.4. The Morgan fingerprint density at radius 3 is 2.68 bits per heavy atom. The number of nitrogens with one attached hydrogen (secondary N) is 1. The molecule has 1 aromatic carbocycles. The van der Waals surface area contributed by atoms with Gasteiger partial charge in [-0.2, -0.15) is 0 Å². The highest BCUT2D eigenvalue weighted by Gasteiger charge is 2.08. The molecule has 7 heteroatoms. The van der Waals surface area contributed by atoms with Gasteiger partial charge >= 0.3 is 0 Å². The van der Waals surface area contributed by atoms with Crippen LogP contribution in [0.3, 0.4) is 0 Å². The van der Waals surface area contributed by atoms with Crippen LogP contribution >= 0.6 is 23.1 Å². The zero-order valence-corrected chi connectivity index (χ0v) is 15.3. The molecule has 5 nitrogen and oxygen atoms in total. The first-order valence-corrected chi connectivity index (χ1v) is 9.54. The minimum absolute atomic E-state index is 0.0304. The van der Waals surface area contributed by atoms with Crippen molar-refractivity contribution < 1.29 is 9.53 Å². The number of hydrogen-bond acceptors (Lipinski definition) is 6. The Bertz CT molecular complexity index is 820. The van der Waals surface area contributed by atoms with Crippen LogP contribution < -0.4 is 10.1 Å². The number of anilines is 1. The van der Waals surface area contributed by atoms with Crippen LogP contribution in [-0.2, 0) is 4.79 Å². The van der Waals surface area contributed by atoms with E-state index in [4.69, 9.17) is 4.74 Å². The average molecular weight is 371 g/mol. The molecule has 128 valence electrons. The van der Waals surface area contributed by atoms with E-state index in [1.54, 1.807) is 31.3 Å². The highest BCUT2D eigenvalue weighted by molar-refractivity contribution is 7.99. The molecule has 0 aliphatic carbocycles. The monoisotopic (exact) mass is 371 g/mol. The zero-order valence-electron chi connectivity index (χ0n) is 13.6. The summed E-state index contributed by atoms with van der Waals surface area (Å²) in [5.41, 5.74) is 1.83. The molecule has 0 atom stereocenters. The molecule has 25 heavy (non-hydrogen) atoms. The van der Waals surface area contributed by atoms with Crippen LogP contribution in [0.15, 0.2) is 59.1 Å². The number of amides is 1. The topological polar surface area (TPSA) is 64.1 Å². The Balaban J connectivity index is 1.51. The number of thiazole rings is 1. The van der Waals surface area contributed by atoms with Gasteiger partial charge in [0.2, 0.25) is 5.91 Å². The van der Waals surface area contributed by atoms with E-state index >= 15 is 0 Å². The Labute approximate surface area is 154 Å². The quantitative estimate of drug-likeness (QED) is 0.626. The second kappa shape index (κ2) is 8.64. The number of ether oxygens (including phenoxy) is 1. The van der Waals surface area contributed by atoms with Crippen LogP contribution in [0.5, 0.6) is 5.75 Å². The summed E-state index contributed by atoms with van der Waals surface area (Å²) in [5.74, 6) is 1.49. The molecule has 3 rings (SSSR count). The first-order valence-electron chi connectivity index (χ1n) is 7.67. The van der Waals surface area contributed by atoms with Crippen molar-refractivity contribution in [1.82, 2.24) is 9.97 Å². The van der Waals surface area contributed by atoms with Crippen LogP contribution in [0.4, 0.5) is 5.13 Å². The summed E-state index contributed by atoms with van der Waals surface area (Å²) < 4.78 is 5.15. The van der Waals surface area contributed by atoms with Gasteiger partial charge in [-0.15, -0.1) is 23.1 Å². The number of carbonyl (C=O) groups excluding carboxylic acids is 1. The van der Waals surface area contributed by atoms with E-state index in [0.29, 0.717) is 17.3 Å². The highest BCUT2D eigenvalue weighted by atomic mass is 32.2. The van der Waals surface area contributed by atoms with E-state index in [1.807, 2.05) is 41.8 Å². The van der Waals surface area contributed by atoms with Gasteiger partial charge in [0.1, 0.15) is 5.75 Å². The van der Waals surface area contributed by atoms with Gasteiger partial charge in [0.25, 0.3) is 0 Å². The van der Waals surface area contributed by atoms with Gasteiger partial charge in [-0.3, -0.25) is 9.78 Å². The van der Waals surface area contributed by atoms with E-state index in [2.05, 4.69) is 15.3 Å². The molecule has 3 aromatic rings. The number of benzene rings is 1. The molecular weight excluding hydrogens is 354 g/mol. The van der Waals surface area contributed by atoms with Crippen molar-refractivity contribution in [1.29, 1.82) is 0 Å². The number of thioether (sulfide) groups is 1. The summed E-state index contributed by atoms with van der Waals surface area (Å²) >= 11 is 3.06. The van der Waals surface area contributed by atoms with Crippen LogP contribution in [0.1, 0.15) is 6.42 Å². The number of carbonyl (C=O) groups is 1. The van der Waals surface area contributed by atoms with Gasteiger partial charge < -0.3 is 10.1 Å². The maximum Gasteiger partial charge on any atom is 0.226 e. The van der Waals surface area contributed by atoms with E-state index < -0.39 is 0 Å². The molecule has 1 amide bonds. The fourth-order valence-electron chi connectivity index (χ4n) is 2.10. The van der Waals surface area contributed by atoms with Gasteiger partial charge in [0.15, 0.2) is 5.13 Å². The van der Waals surface area contributed by atoms with Gasteiger partial charge in [-0.05, 0) is 36.4 Å². The molecule has 0 aliphatic rings. The fraction of sp³-hybridized carbons (Fsp3) is 0.167. The Hall–Kier alpha value is -2.38. The van der Waals surface area contributed by atoms with Crippen LogP contribution in [0, 0.1) is 0 Å². The molecule has 0 spiro atoms. The van der Waals surface area contributed by atoms with Crippen LogP contribution in [0.2, 0.25) is 0 Å². The third kappa shape index (κ3) is 5.04. The van der Waals surface area contributed by atoms with Crippen molar-refractivity contribution >= 4 is 34.1 Å². The summed E-state index contributed by atoms with van der Waals surface area (Å²) in [6, 6.07) is 11.6. The predicted octanol–water partition coefficient (Wildman–Crippen LogP) is 4.33. The smallest absolute Gasteiger partial charge is 0.226 e. The fourth-order valence-corrected chi connectivity index (χ4v) is 3.68. The second-order valence-corrected chi connectivity index (χ2v) is 7.12. The van der Waals surface area contributed by atoms with Gasteiger partial charge in [-0.25, -0.2) is 4.98 Å². The number of hydrogen-bond donors (Lipinski definition) is 1. The Morgan fingerprint density at radius 2 is 1.96 bits per heavy atom. The number of pyridine rings is 1. The van der Waals surface area contributed by atoms with E-state index in [9.17, 15) is 4.79 Å². The number of nitrogens with zero attached hydrogens (tertiary/aromatic N) is 2. The largest absolute Gasteiger partial charge is 0.497 e. The second-order valence-electron chi connectivity index (χ2n) is 5.10. The van der Waals surface area contributed by atoms with Crippen molar-refractivity contribution in [3.05, 3.63) is 54.2 Å². The number of aromatic nitrogens is 2. The molecule has 0 saturated heterocycles. The lowest BCUT2D eigenvalue weighted by molar-refractivity contribution is -0.115. The zero-order chi connectivity index (χ0) is 17.5. The number of methoxy groups -OCH3 is 1. The standard InChI is InChI=1S/C18H17N3O2S2/c1-23-14-4-2-13(3-5-14)16-12-25-18(20-16)21-17(22)8-11-24-15-6-9-19-10-7-15/h2-7,9-10,12H,8,11H2,1H3,(H,20,21,22). The molecule has 0 unspecified atom stereocenters. The lowest BCUT2D eigenvalue weighted by atomic mass is 10.2. The van der Waals surface area contributed by atoms with Crippen molar-refractivity contribution in [2.45, 2.75) is 11.3 Å². The number of rotatable bonds is 7. The Morgan fingerprint density at radius 1 is 1.20 bits per heavy atom. The molecule has 1 N–H and O–H groups in total. The molecule has 0 fully saturated rings. The van der Waals surface area contributed by atoms with Crippen molar-refractivity contribution in [2.24, 2.45) is 0 Å². The van der Waals surface area contributed by atoms with E-state index in [-0.39, 0.29) is 5.91 Å². The summed E-state index contributed by atoms with van der Waals surface area (Å²) in [4.78, 5) is 21.6. The minimum Gasteiger partial charge on any atom is -0.497 e. The van der Waals surface area contributed by atoms with Crippen LogP contribution in [0.25, 0.3) is 11.3 Å². The molecule has 0 bridgehead atoms. The average Bonchev–Trinajstić information content (AvgIpc) is 3.11. The Kier molecular flexibility index (Phi) is 6.03. The van der Waals surface area contributed by atoms with E-state index in [1.165, 1.54) is 11.3 Å². The summed E-state index contributed by atoms with van der Waals surface area (Å²) in [7, 11) is 1.64. The molecule has 2 heterocycles. The van der Waals surface area contributed by atoms with E-state index in [0.717, 1.165) is 21.9 Å². The van der Waals surface area contributed by atoms with Crippen LogP contribution in [-0.4, -0.2) is 28.7 Å². The normalized spacial score (nSPS) is 10.4. The maximum atomic E-state index is 12.0. The molecule has 0 saturated carbocycles.